The number of hydrogen-bond donors (Lipinski definition) is 1. The molecule has 0 saturated carbocycles. The minimum atomic E-state index is -3.68. The van der Waals surface area contributed by atoms with Crippen molar-refractivity contribution in [1.29, 1.82) is 0 Å². The van der Waals surface area contributed by atoms with Gasteiger partial charge < -0.3 is 5.32 Å². The van der Waals surface area contributed by atoms with E-state index in [0.29, 0.717) is 18.7 Å². The first-order chi connectivity index (χ1) is 15.2. The van der Waals surface area contributed by atoms with E-state index in [2.05, 4.69) is 10.3 Å². The summed E-state index contributed by atoms with van der Waals surface area (Å²) in [5.74, 6) is -3.95. The molecule has 2 heterocycles. The molecule has 0 aliphatic carbocycles. The number of nitrogens with zero attached hydrogens (tertiary/aromatic N) is 1. The molecule has 170 valence electrons. The lowest BCUT2D eigenvalue weighted by Crippen LogP contribution is -2.38. The quantitative estimate of drug-likeness (QED) is 0.640. The number of Topliss-reactive ketones (excluding diaryl/α,β-unsaturated/α-hetero) is 2. The summed E-state index contributed by atoms with van der Waals surface area (Å²) in [7, 11) is -3.68. The van der Waals surface area contributed by atoms with Crippen LogP contribution in [0.5, 0.6) is 0 Å². The zero-order chi connectivity index (χ0) is 23.3. The Bertz CT molecular complexity index is 1100. The van der Waals surface area contributed by atoms with E-state index in [1.807, 2.05) is 6.07 Å². The number of carbonyl (C=O) groups excluding carboxylic acids is 3. The molecule has 0 fully saturated rings. The Morgan fingerprint density at radius 1 is 1.12 bits per heavy atom. The van der Waals surface area contributed by atoms with Crippen molar-refractivity contribution in [2.75, 3.05) is 12.3 Å². The van der Waals surface area contributed by atoms with Crippen LogP contribution in [0, 0.1) is 17.8 Å². The molecule has 1 aliphatic heterocycles. The van der Waals surface area contributed by atoms with Crippen molar-refractivity contribution in [3.05, 3.63) is 59.9 Å². The Morgan fingerprint density at radius 3 is 2.53 bits per heavy atom. The summed E-state index contributed by atoms with van der Waals surface area (Å²) < 4.78 is 25.8. The number of aromatic nitrogens is 1. The number of nitrogens with one attached hydrogen (secondary N) is 1. The Balaban J connectivity index is 1.84. The second-order valence-electron chi connectivity index (χ2n) is 8.50. The van der Waals surface area contributed by atoms with Gasteiger partial charge in [0.15, 0.2) is 9.84 Å². The van der Waals surface area contributed by atoms with E-state index in [1.54, 1.807) is 44.3 Å². The third-order valence-corrected chi connectivity index (χ3v) is 7.65. The molecule has 0 radical (unpaired) electrons. The maximum atomic E-state index is 13.2. The van der Waals surface area contributed by atoms with Crippen LogP contribution in [0.15, 0.2) is 53.6 Å². The van der Waals surface area contributed by atoms with Gasteiger partial charge in [-0.15, -0.1) is 0 Å². The summed E-state index contributed by atoms with van der Waals surface area (Å²) in [6.45, 7) is 3.89. The highest BCUT2D eigenvalue weighted by molar-refractivity contribution is 7.91. The summed E-state index contributed by atoms with van der Waals surface area (Å²) in [5.41, 5.74) is 1.61. The van der Waals surface area contributed by atoms with E-state index in [1.165, 1.54) is 12.1 Å². The maximum Gasteiger partial charge on any atom is 0.287 e. The van der Waals surface area contributed by atoms with Crippen LogP contribution >= 0.6 is 0 Å². The van der Waals surface area contributed by atoms with E-state index in [-0.39, 0.29) is 35.2 Å². The molecule has 0 saturated heterocycles. The minimum absolute atomic E-state index is 0.162. The van der Waals surface area contributed by atoms with Crippen LogP contribution < -0.4 is 5.32 Å². The lowest BCUT2D eigenvalue weighted by Gasteiger charge is -2.22. The van der Waals surface area contributed by atoms with Crippen LogP contribution in [0.1, 0.15) is 31.5 Å². The van der Waals surface area contributed by atoms with Crippen molar-refractivity contribution >= 4 is 27.3 Å². The normalized spacial score (nSPS) is 18.2. The zero-order valence-corrected chi connectivity index (χ0v) is 19.1. The summed E-state index contributed by atoms with van der Waals surface area (Å²) in [5, 5.41) is 2.61. The van der Waals surface area contributed by atoms with Gasteiger partial charge >= 0.3 is 0 Å². The SMILES string of the molecule is CC(C)C(CS(=O)(=O)c1ccccc1)C(=O)CC1Cc2ncccc2CCNC(=O)C1=O. The number of ketones is 2. The Kier molecular flexibility index (Phi) is 7.56. The smallest absolute Gasteiger partial charge is 0.287 e. The summed E-state index contributed by atoms with van der Waals surface area (Å²) >= 11 is 0. The number of carbonyl (C=O) groups is 3. The van der Waals surface area contributed by atoms with Gasteiger partial charge in [0.2, 0.25) is 5.78 Å². The molecule has 0 bridgehead atoms. The van der Waals surface area contributed by atoms with E-state index in [9.17, 15) is 22.8 Å². The number of fused-ring (bicyclic) bond motifs is 1. The molecule has 7 nitrogen and oxygen atoms in total. The van der Waals surface area contributed by atoms with Crippen LogP contribution in [-0.4, -0.2) is 43.2 Å². The second-order valence-corrected chi connectivity index (χ2v) is 10.5. The van der Waals surface area contributed by atoms with Gasteiger partial charge in [-0.05, 0) is 36.1 Å². The molecule has 1 amide bonds. The van der Waals surface area contributed by atoms with Crippen molar-refractivity contribution in [1.82, 2.24) is 10.3 Å². The molecule has 3 rings (SSSR count). The van der Waals surface area contributed by atoms with Gasteiger partial charge in [-0.25, -0.2) is 8.42 Å². The first-order valence-electron chi connectivity index (χ1n) is 10.7. The summed E-state index contributed by atoms with van der Waals surface area (Å²) in [4.78, 5) is 42.8. The van der Waals surface area contributed by atoms with Gasteiger partial charge in [-0.2, -0.15) is 0 Å². The highest BCUT2D eigenvalue weighted by Gasteiger charge is 2.35. The van der Waals surface area contributed by atoms with Crippen molar-refractivity contribution in [3.8, 4) is 0 Å². The Morgan fingerprint density at radius 2 is 1.84 bits per heavy atom. The van der Waals surface area contributed by atoms with Crippen molar-refractivity contribution < 1.29 is 22.8 Å². The first kappa shape index (κ1) is 23.8. The van der Waals surface area contributed by atoms with E-state index in [4.69, 9.17) is 0 Å². The third-order valence-electron chi connectivity index (χ3n) is 5.87. The van der Waals surface area contributed by atoms with Gasteiger partial charge in [0, 0.05) is 43.1 Å². The molecule has 2 unspecified atom stereocenters. The van der Waals surface area contributed by atoms with Crippen molar-refractivity contribution in [2.45, 2.75) is 38.0 Å². The molecular formula is C24H28N2O5S. The fourth-order valence-electron chi connectivity index (χ4n) is 3.97. The molecule has 1 aromatic carbocycles. The number of hydrogen-bond acceptors (Lipinski definition) is 6. The molecular weight excluding hydrogens is 428 g/mol. The highest BCUT2D eigenvalue weighted by Crippen LogP contribution is 2.25. The van der Waals surface area contributed by atoms with Crippen LogP contribution in [0.2, 0.25) is 0 Å². The monoisotopic (exact) mass is 456 g/mol. The minimum Gasteiger partial charge on any atom is -0.349 e. The fourth-order valence-corrected chi connectivity index (χ4v) is 5.78. The first-order valence-corrected chi connectivity index (χ1v) is 12.4. The van der Waals surface area contributed by atoms with Crippen molar-refractivity contribution in [2.24, 2.45) is 17.8 Å². The highest BCUT2D eigenvalue weighted by atomic mass is 32.2. The number of amides is 1. The topological polar surface area (TPSA) is 110 Å². The standard InChI is InChI=1S/C24H28N2O5S/c1-16(2)20(15-32(30,31)19-8-4-3-5-9-19)22(27)14-18-13-21-17(7-6-11-25-21)10-12-26-24(29)23(18)28/h3-9,11,16,18,20H,10,12-15H2,1-2H3,(H,26,29). The molecule has 32 heavy (non-hydrogen) atoms. The lowest BCUT2D eigenvalue weighted by atomic mass is 9.84. The second kappa shape index (κ2) is 10.2. The van der Waals surface area contributed by atoms with E-state index in [0.717, 1.165) is 5.56 Å². The maximum absolute atomic E-state index is 13.2. The molecule has 2 aromatic rings. The predicted octanol–water partition coefficient (Wildman–Crippen LogP) is 2.19. The Labute approximate surface area is 188 Å². The van der Waals surface area contributed by atoms with Crippen LogP contribution in [0.3, 0.4) is 0 Å². The van der Waals surface area contributed by atoms with Crippen LogP contribution in [-0.2, 0) is 37.1 Å². The Hall–Kier alpha value is -2.87. The number of sulfone groups is 1. The molecule has 1 aromatic heterocycles. The molecule has 1 N–H and O–H groups in total. The van der Waals surface area contributed by atoms with Crippen molar-refractivity contribution in [3.63, 3.8) is 0 Å². The number of benzene rings is 1. The zero-order valence-electron chi connectivity index (χ0n) is 18.3. The van der Waals surface area contributed by atoms with Crippen LogP contribution in [0.25, 0.3) is 0 Å². The summed E-state index contributed by atoms with van der Waals surface area (Å²) in [6.07, 6.45) is 2.14. The molecule has 2 atom stereocenters. The number of rotatable bonds is 7. The van der Waals surface area contributed by atoms with Crippen LogP contribution in [0.4, 0.5) is 0 Å². The summed E-state index contributed by atoms with van der Waals surface area (Å²) in [6, 6.07) is 11.7. The van der Waals surface area contributed by atoms with E-state index < -0.39 is 33.4 Å². The van der Waals surface area contributed by atoms with Gasteiger partial charge in [-0.3, -0.25) is 19.4 Å². The lowest BCUT2D eigenvalue weighted by molar-refractivity contribution is -0.141. The molecule has 0 spiro atoms. The average Bonchev–Trinajstić information content (AvgIpc) is 2.82. The van der Waals surface area contributed by atoms with Gasteiger partial charge in [0.1, 0.15) is 5.78 Å². The fraction of sp³-hybridized carbons (Fsp3) is 0.417. The predicted molar refractivity (Wildman–Crippen MR) is 120 cm³/mol. The van der Waals surface area contributed by atoms with E-state index >= 15 is 0 Å². The average molecular weight is 457 g/mol. The number of pyridine rings is 1. The third kappa shape index (κ3) is 5.68. The van der Waals surface area contributed by atoms with Gasteiger partial charge in [-0.1, -0.05) is 38.1 Å². The van der Waals surface area contributed by atoms with Gasteiger partial charge in [0.25, 0.3) is 5.91 Å². The molecule has 1 aliphatic rings. The van der Waals surface area contributed by atoms with Gasteiger partial charge in [0.05, 0.1) is 10.6 Å². The largest absolute Gasteiger partial charge is 0.349 e. The molecule has 8 heteroatoms.